The topological polar surface area (TPSA) is 64.4 Å². The molecule has 1 amide bonds. The molecule has 184 valence electrons. The molecule has 0 atom stereocenters. The minimum absolute atomic E-state index is 0.258. The lowest BCUT2D eigenvalue weighted by Crippen LogP contribution is -2.33. The Morgan fingerprint density at radius 2 is 1.35 bits per heavy atom. The smallest absolute Gasteiger partial charge is 0.338 e. The quantitative estimate of drug-likeness (QED) is 0.262. The average Bonchev–Trinajstić information content (AvgIpc) is 3.27. The Balaban J connectivity index is 1.30. The predicted molar refractivity (Wildman–Crippen MR) is 143 cm³/mol. The normalized spacial score (nSPS) is 10.8. The fourth-order valence-corrected chi connectivity index (χ4v) is 4.37. The highest BCUT2D eigenvalue weighted by atomic mass is 16.5. The first-order valence-electron chi connectivity index (χ1n) is 12.2. The van der Waals surface area contributed by atoms with Crippen LogP contribution in [0.15, 0.2) is 109 Å². The van der Waals surface area contributed by atoms with Crippen molar-refractivity contribution in [1.82, 2.24) is 14.5 Å². The van der Waals surface area contributed by atoms with Gasteiger partial charge in [-0.05, 0) is 48.4 Å². The van der Waals surface area contributed by atoms with Crippen LogP contribution in [0.2, 0.25) is 0 Å². The van der Waals surface area contributed by atoms with Gasteiger partial charge in [-0.25, -0.2) is 9.78 Å². The molecular weight excluding hydrogens is 462 g/mol. The van der Waals surface area contributed by atoms with Crippen LogP contribution >= 0.6 is 0 Å². The van der Waals surface area contributed by atoms with Crippen molar-refractivity contribution in [1.29, 1.82) is 0 Å². The molecule has 5 rings (SSSR count). The van der Waals surface area contributed by atoms with Gasteiger partial charge in [0, 0.05) is 18.8 Å². The maximum absolute atomic E-state index is 13.1. The zero-order valence-electron chi connectivity index (χ0n) is 20.6. The Morgan fingerprint density at radius 3 is 1.95 bits per heavy atom. The molecule has 0 aliphatic carbocycles. The fourth-order valence-electron chi connectivity index (χ4n) is 4.37. The summed E-state index contributed by atoms with van der Waals surface area (Å²) in [4.78, 5) is 32.3. The molecule has 0 fully saturated rings. The third kappa shape index (κ3) is 5.59. The van der Waals surface area contributed by atoms with Crippen molar-refractivity contribution in [3.63, 3.8) is 0 Å². The molecule has 0 N–H and O–H groups in total. The molecule has 6 nitrogen and oxygen atoms in total. The van der Waals surface area contributed by atoms with Crippen LogP contribution in [0.25, 0.3) is 16.7 Å². The van der Waals surface area contributed by atoms with E-state index in [4.69, 9.17) is 4.74 Å². The molecule has 0 unspecified atom stereocenters. The second-order valence-electron chi connectivity index (χ2n) is 8.83. The summed E-state index contributed by atoms with van der Waals surface area (Å²) in [5.74, 6) is 0.00670. The molecule has 0 aliphatic rings. The summed E-state index contributed by atoms with van der Waals surface area (Å²) in [6, 6.07) is 34.8. The molecule has 37 heavy (non-hydrogen) atoms. The van der Waals surface area contributed by atoms with Gasteiger partial charge >= 0.3 is 5.97 Å². The number of esters is 1. The highest BCUT2D eigenvalue weighted by Gasteiger charge is 2.19. The number of rotatable bonds is 8. The van der Waals surface area contributed by atoms with E-state index in [1.54, 1.807) is 17.0 Å². The van der Waals surface area contributed by atoms with Crippen LogP contribution in [0.4, 0.5) is 0 Å². The van der Waals surface area contributed by atoms with Crippen molar-refractivity contribution < 1.29 is 14.3 Å². The number of benzene rings is 4. The molecule has 1 heterocycles. The zero-order valence-corrected chi connectivity index (χ0v) is 20.6. The summed E-state index contributed by atoms with van der Waals surface area (Å²) in [5, 5.41) is 0. The molecule has 0 spiro atoms. The van der Waals surface area contributed by atoms with Gasteiger partial charge in [0.2, 0.25) is 0 Å². The minimum Gasteiger partial charge on any atom is -0.452 e. The van der Waals surface area contributed by atoms with Gasteiger partial charge in [-0.3, -0.25) is 9.36 Å². The van der Waals surface area contributed by atoms with E-state index in [1.807, 2.05) is 109 Å². The molecule has 5 aromatic rings. The van der Waals surface area contributed by atoms with Gasteiger partial charge in [-0.1, -0.05) is 78.9 Å². The van der Waals surface area contributed by atoms with Crippen LogP contribution in [-0.2, 0) is 22.6 Å². The lowest BCUT2D eigenvalue weighted by atomic mass is 10.1. The molecule has 0 bridgehead atoms. The van der Waals surface area contributed by atoms with Crippen LogP contribution in [0.1, 0.15) is 27.3 Å². The van der Waals surface area contributed by atoms with Gasteiger partial charge in [-0.15, -0.1) is 0 Å². The summed E-state index contributed by atoms with van der Waals surface area (Å²) < 4.78 is 7.49. The van der Waals surface area contributed by atoms with E-state index in [0.29, 0.717) is 24.2 Å². The van der Waals surface area contributed by atoms with Crippen molar-refractivity contribution in [2.75, 3.05) is 6.61 Å². The van der Waals surface area contributed by atoms with E-state index >= 15 is 0 Å². The van der Waals surface area contributed by atoms with Crippen LogP contribution in [-0.4, -0.2) is 32.9 Å². The van der Waals surface area contributed by atoms with Crippen molar-refractivity contribution in [3.05, 3.63) is 132 Å². The third-order valence-corrected chi connectivity index (χ3v) is 6.18. The third-order valence-electron chi connectivity index (χ3n) is 6.18. The van der Waals surface area contributed by atoms with Crippen molar-refractivity contribution in [3.8, 4) is 5.69 Å². The summed E-state index contributed by atoms with van der Waals surface area (Å²) in [5.41, 5.74) is 4.96. The van der Waals surface area contributed by atoms with Crippen LogP contribution in [0.5, 0.6) is 0 Å². The van der Waals surface area contributed by atoms with E-state index in [9.17, 15) is 9.59 Å². The number of aromatic nitrogens is 2. The molecule has 0 saturated carbocycles. The largest absolute Gasteiger partial charge is 0.452 e. The number of hydrogen-bond donors (Lipinski definition) is 0. The van der Waals surface area contributed by atoms with Crippen LogP contribution in [0.3, 0.4) is 0 Å². The fraction of sp³-hybridized carbons (Fsp3) is 0.129. The van der Waals surface area contributed by atoms with Gasteiger partial charge in [0.15, 0.2) is 6.61 Å². The van der Waals surface area contributed by atoms with Crippen molar-refractivity contribution in [2.24, 2.45) is 0 Å². The van der Waals surface area contributed by atoms with E-state index in [0.717, 1.165) is 28.2 Å². The monoisotopic (exact) mass is 489 g/mol. The molecular formula is C31H27N3O3. The van der Waals surface area contributed by atoms with Crippen molar-refractivity contribution in [2.45, 2.75) is 20.0 Å². The number of nitrogens with zero attached hydrogens (tertiary/aromatic N) is 3. The maximum atomic E-state index is 13.1. The molecule has 0 aliphatic heterocycles. The van der Waals surface area contributed by atoms with Gasteiger partial charge in [0.1, 0.15) is 5.82 Å². The van der Waals surface area contributed by atoms with E-state index in [1.165, 1.54) is 0 Å². The molecule has 0 saturated heterocycles. The van der Waals surface area contributed by atoms with Crippen LogP contribution < -0.4 is 0 Å². The SMILES string of the molecule is Cc1nc2cc(C(=O)OCC(=O)N(Cc3ccccc3)Cc3ccccc3)ccc2n1-c1ccccc1. The van der Waals surface area contributed by atoms with Gasteiger partial charge in [0.25, 0.3) is 5.91 Å². The molecule has 6 heteroatoms. The Hall–Kier alpha value is -4.71. The first kappa shape index (κ1) is 24.0. The number of imidazole rings is 1. The highest BCUT2D eigenvalue weighted by Crippen LogP contribution is 2.22. The molecule has 0 radical (unpaired) electrons. The summed E-state index contributed by atoms with van der Waals surface area (Å²) >= 11 is 0. The average molecular weight is 490 g/mol. The second kappa shape index (κ2) is 10.9. The number of amides is 1. The Labute approximate surface area is 215 Å². The van der Waals surface area contributed by atoms with E-state index < -0.39 is 5.97 Å². The second-order valence-corrected chi connectivity index (χ2v) is 8.83. The summed E-state index contributed by atoms with van der Waals surface area (Å²) in [6.45, 7) is 2.44. The zero-order chi connectivity index (χ0) is 25.6. The van der Waals surface area contributed by atoms with Gasteiger partial charge < -0.3 is 9.64 Å². The van der Waals surface area contributed by atoms with Gasteiger partial charge in [-0.2, -0.15) is 0 Å². The summed E-state index contributed by atoms with van der Waals surface area (Å²) in [6.07, 6.45) is 0. The highest BCUT2D eigenvalue weighted by molar-refractivity contribution is 5.95. The maximum Gasteiger partial charge on any atom is 0.338 e. The van der Waals surface area contributed by atoms with Gasteiger partial charge in [0.05, 0.1) is 16.6 Å². The first-order valence-corrected chi connectivity index (χ1v) is 12.2. The standard InChI is InChI=1S/C31H27N3O3/c1-23-32-28-19-26(17-18-29(28)34(23)27-15-9-4-10-16-27)31(36)37-22-30(35)33(20-24-11-5-2-6-12-24)21-25-13-7-3-8-14-25/h2-19H,20-22H2,1H3. The predicted octanol–water partition coefficient (Wildman–Crippen LogP) is 5.72. The Morgan fingerprint density at radius 1 is 0.784 bits per heavy atom. The Kier molecular flexibility index (Phi) is 7.08. The number of para-hydroxylation sites is 1. The lowest BCUT2D eigenvalue weighted by molar-refractivity contribution is -0.135. The number of carbonyl (C=O) groups is 2. The first-order chi connectivity index (χ1) is 18.1. The van der Waals surface area contributed by atoms with Crippen molar-refractivity contribution >= 4 is 22.9 Å². The molecule has 4 aromatic carbocycles. The minimum atomic E-state index is -0.554. The van der Waals surface area contributed by atoms with Crippen LogP contribution in [0, 0.1) is 6.92 Å². The number of fused-ring (bicyclic) bond motifs is 1. The van der Waals surface area contributed by atoms with E-state index in [2.05, 4.69) is 4.98 Å². The number of ether oxygens (including phenoxy) is 1. The molecule has 1 aromatic heterocycles. The van der Waals surface area contributed by atoms with E-state index in [-0.39, 0.29) is 12.5 Å². The number of hydrogen-bond acceptors (Lipinski definition) is 4. The number of aryl methyl sites for hydroxylation is 1. The lowest BCUT2D eigenvalue weighted by Gasteiger charge is -2.23. The Bertz CT molecular complexity index is 1470. The number of carbonyl (C=O) groups excluding carboxylic acids is 2. The summed E-state index contributed by atoms with van der Waals surface area (Å²) in [7, 11) is 0.